The summed E-state index contributed by atoms with van der Waals surface area (Å²) >= 11 is 0. The Morgan fingerprint density at radius 2 is 2.30 bits per heavy atom. The second-order valence-corrected chi connectivity index (χ2v) is 2.29. The monoisotopic (exact) mass is 146 g/mol. The van der Waals surface area contributed by atoms with Crippen LogP contribution in [0.4, 0.5) is 0 Å². The van der Waals surface area contributed by atoms with Gasteiger partial charge in [0.25, 0.3) is 0 Å². The van der Waals surface area contributed by atoms with Crippen LogP contribution in [0.2, 0.25) is 0 Å². The molecule has 0 radical (unpaired) electrons. The molecule has 0 aliphatic rings. The molecule has 1 atom stereocenters. The summed E-state index contributed by atoms with van der Waals surface area (Å²) in [6.07, 6.45) is 0. The van der Waals surface area contributed by atoms with E-state index < -0.39 is 0 Å². The number of hydrogen-bond donors (Lipinski definition) is 2. The molecule has 0 unspecified atom stereocenters. The third-order valence-electron chi connectivity index (χ3n) is 1.30. The lowest BCUT2D eigenvalue weighted by Crippen LogP contribution is -2.35. The van der Waals surface area contributed by atoms with Gasteiger partial charge in [0.2, 0.25) is 0 Å². The van der Waals surface area contributed by atoms with Crippen LogP contribution in [-0.4, -0.2) is 32.3 Å². The summed E-state index contributed by atoms with van der Waals surface area (Å²) in [5.74, 6) is 0. The molecule has 3 heteroatoms. The molecule has 0 bridgehead atoms. The van der Waals surface area contributed by atoms with Crippen LogP contribution in [0.3, 0.4) is 0 Å². The summed E-state index contributed by atoms with van der Waals surface area (Å²) < 4.78 is 5.13. The Morgan fingerprint density at radius 3 is 2.80 bits per heavy atom. The third kappa shape index (κ3) is 6.01. The molecule has 0 amide bonds. The predicted molar refractivity (Wildman–Crippen MR) is 43.0 cm³/mol. The zero-order valence-corrected chi connectivity index (χ0v) is 6.89. The molecule has 62 valence electrons. The predicted octanol–water partition coefficient (Wildman–Crippen LogP) is -0.0403. The standard InChI is InChI=1S/C7H18N2O/c1-3-10-5-4-9-7(2)6-8/h7,9H,3-6,8H2,1-2H3/t7-/m0/s1. The highest BCUT2D eigenvalue weighted by Crippen LogP contribution is 1.75. The van der Waals surface area contributed by atoms with Gasteiger partial charge in [-0.1, -0.05) is 0 Å². The van der Waals surface area contributed by atoms with Crippen molar-refractivity contribution in [2.45, 2.75) is 19.9 Å². The molecular formula is C7H18N2O. The Morgan fingerprint density at radius 1 is 1.60 bits per heavy atom. The molecule has 0 saturated heterocycles. The van der Waals surface area contributed by atoms with E-state index in [1.807, 2.05) is 6.92 Å². The van der Waals surface area contributed by atoms with Crippen molar-refractivity contribution in [3.05, 3.63) is 0 Å². The van der Waals surface area contributed by atoms with E-state index in [-0.39, 0.29) is 0 Å². The van der Waals surface area contributed by atoms with Gasteiger partial charge in [0.15, 0.2) is 0 Å². The van der Waals surface area contributed by atoms with E-state index in [9.17, 15) is 0 Å². The van der Waals surface area contributed by atoms with Gasteiger partial charge in [-0.05, 0) is 13.8 Å². The van der Waals surface area contributed by atoms with Gasteiger partial charge in [-0.2, -0.15) is 0 Å². The molecule has 0 aromatic carbocycles. The first-order chi connectivity index (χ1) is 4.81. The molecule has 0 aromatic heterocycles. The average molecular weight is 146 g/mol. The molecule has 0 aliphatic carbocycles. The van der Waals surface area contributed by atoms with Gasteiger partial charge < -0.3 is 15.8 Å². The van der Waals surface area contributed by atoms with Crippen LogP contribution in [0.25, 0.3) is 0 Å². The topological polar surface area (TPSA) is 47.3 Å². The van der Waals surface area contributed by atoms with E-state index in [1.54, 1.807) is 0 Å². The van der Waals surface area contributed by atoms with Crippen molar-refractivity contribution >= 4 is 0 Å². The van der Waals surface area contributed by atoms with Gasteiger partial charge in [-0.15, -0.1) is 0 Å². The molecule has 3 nitrogen and oxygen atoms in total. The fraction of sp³-hybridized carbons (Fsp3) is 1.00. The molecular weight excluding hydrogens is 128 g/mol. The minimum atomic E-state index is 0.403. The first-order valence-electron chi connectivity index (χ1n) is 3.82. The summed E-state index contributed by atoms with van der Waals surface area (Å²) in [5, 5.41) is 3.22. The largest absolute Gasteiger partial charge is 0.380 e. The number of rotatable bonds is 6. The Balaban J connectivity index is 2.89. The highest BCUT2D eigenvalue weighted by atomic mass is 16.5. The fourth-order valence-corrected chi connectivity index (χ4v) is 0.605. The van der Waals surface area contributed by atoms with Crippen LogP contribution in [-0.2, 0) is 4.74 Å². The quantitative estimate of drug-likeness (QED) is 0.517. The molecule has 0 heterocycles. The number of nitrogens with one attached hydrogen (secondary N) is 1. The molecule has 0 aromatic rings. The highest BCUT2D eigenvalue weighted by Gasteiger charge is 1.94. The molecule has 3 N–H and O–H groups in total. The lowest BCUT2D eigenvalue weighted by Gasteiger charge is -2.10. The van der Waals surface area contributed by atoms with E-state index in [1.165, 1.54) is 0 Å². The Hall–Kier alpha value is -0.120. The summed E-state index contributed by atoms with van der Waals surface area (Å²) in [6, 6.07) is 0.403. The first kappa shape index (κ1) is 9.88. The Labute approximate surface area is 62.9 Å². The van der Waals surface area contributed by atoms with Crippen molar-refractivity contribution < 1.29 is 4.74 Å². The number of hydrogen-bond acceptors (Lipinski definition) is 3. The maximum Gasteiger partial charge on any atom is 0.0590 e. The van der Waals surface area contributed by atoms with Crippen LogP contribution >= 0.6 is 0 Å². The van der Waals surface area contributed by atoms with Crippen molar-refractivity contribution in [2.75, 3.05) is 26.3 Å². The van der Waals surface area contributed by atoms with Crippen molar-refractivity contribution in [2.24, 2.45) is 5.73 Å². The van der Waals surface area contributed by atoms with Crippen LogP contribution in [0.5, 0.6) is 0 Å². The van der Waals surface area contributed by atoms with Crippen molar-refractivity contribution in [3.63, 3.8) is 0 Å². The minimum Gasteiger partial charge on any atom is -0.380 e. The first-order valence-corrected chi connectivity index (χ1v) is 3.82. The van der Waals surface area contributed by atoms with Crippen LogP contribution < -0.4 is 11.1 Å². The minimum absolute atomic E-state index is 0.403. The van der Waals surface area contributed by atoms with Gasteiger partial charge in [0, 0.05) is 25.7 Å². The third-order valence-corrected chi connectivity index (χ3v) is 1.30. The smallest absolute Gasteiger partial charge is 0.0590 e. The van der Waals surface area contributed by atoms with Gasteiger partial charge in [0.1, 0.15) is 0 Å². The van der Waals surface area contributed by atoms with Gasteiger partial charge >= 0.3 is 0 Å². The van der Waals surface area contributed by atoms with E-state index in [0.717, 1.165) is 19.8 Å². The van der Waals surface area contributed by atoms with E-state index >= 15 is 0 Å². The average Bonchev–Trinajstić information content (AvgIpc) is 1.98. The van der Waals surface area contributed by atoms with Crippen LogP contribution in [0.15, 0.2) is 0 Å². The maximum absolute atomic E-state index is 5.38. The van der Waals surface area contributed by atoms with E-state index in [4.69, 9.17) is 10.5 Å². The summed E-state index contributed by atoms with van der Waals surface area (Å²) in [7, 11) is 0. The summed E-state index contributed by atoms with van der Waals surface area (Å²) in [5.41, 5.74) is 5.38. The maximum atomic E-state index is 5.38. The highest BCUT2D eigenvalue weighted by molar-refractivity contribution is 4.58. The molecule has 0 aliphatic heterocycles. The van der Waals surface area contributed by atoms with Gasteiger partial charge in [0.05, 0.1) is 6.61 Å². The normalized spacial score (nSPS) is 13.5. The zero-order valence-electron chi connectivity index (χ0n) is 6.89. The van der Waals surface area contributed by atoms with Gasteiger partial charge in [-0.25, -0.2) is 0 Å². The lowest BCUT2D eigenvalue weighted by molar-refractivity contribution is 0.147. The Kier molecular flexibility index (Phi) is 6.91. The molecule has 0 saturated carbocycles. The summed E-state index contributed by atoms with van der Waals surface area (Å²) in [4.78, 5) is 0. The van der Waals surface area contributed by atoms with E-state index in [0.29, 0.717) is 12.6 Å². The van der Waals surface area contributed by atoms with Crippen molar-refractivity contribution in [1.29, 1.82) is 0 Å². The molecule has 0 spiro atoms. The number of nitrogens with two attached hydrogens (primary N) is 1. The number of ether oxygens (including phenoxy) is 1. The second-order valence-electron chi connectivity index (χ2n) is 2.29. The summed E-state index contributed by atoms with van der Waals surface area (Å²) in [6.45, 7) is 7.20. The van der Waals surface area contributed by atoms with Crippen LogP contribution in [0.1, 0.15) is 13.8 Å². The SMILES string of the molecule is CCOCCN[C@@H](C)CN. The second kappa shape index (κ2) is 6.99. The molecule has 0 fully saturated rings. The Bertz CT molecular complexity index is 68.6. The zero-order chi connectivity index (χ0) is 7.82. The lowest BCUT2D eigenvalue weighted by atomic mass is 10.3. The fourth-order valence-electron chi connectivity index (χ4n) is 0.605. The molecule has 10 heavy (non-hydrogen) atoms. The van der Waals surface area contributed by atoms with Gasteiger partial charge in [-0.3, -0.25) is 0 Å². The van der Waals surface area contributed by atoms with Crippen LogP contribution in [0, 0.1) is 0 Å². The van der Waals surface area contributed by atoms with E-state index in [2.05, 4.69) is 12.2 Å². The van der Waals surface area contributed by atoms with Crippen molar-refractivity contribution in [3.8, 4) is 0 Å². The van der Waals surface area contributed by atoms with Crippen molar-refractivity contribution in [1.82, 2.24) is 5.32 Å². The molecule has 0 rings (SSSR count).